The maximum absolute atomic E-state index is 13.5. The molecule has 33 heavy (non-hydrogen) atoms. The first-order valence-electron chi connectivity index (χ1n) is 11.5. The molecule has 8 nitrogen and oxygen atoms in total. The normalized spacial score (nSPS) is 19.8. The minimum Gasteiger partial charge on any atom is -0.450 e. The lowest BCUT2D eigenvalue weighted by Crippen LogP contribution is -2.47. The van der Waals surface area contributed by atoms with Crippen LogP contribution in [0.1, 0.15) is 50.5 Å². The third-order valence-electron chi connectivity index (χ3n) is 6.71. The van der Waals surface area contributed by atoms with Gasteiger partial charge in [0.25, 0.3) is 5.91 Å². The Morgan fingerprint density at radius 1 is 1.15 bits per heavy atom. The van der Waals surface area contributed by atoms with E-state index in [1.165, 1.54) is 12.3 Å². The lowest BCUT2D eigenvalue weighted by Gasteiger charge is -2.34. The summed E-state index contributed by atoms with van der Waals surface area (Å²) < 4.78 is 10.6. The molecule has 1 saturated carbocycles. The van der Waals surface area contributed by atoms with Gasteiger partial charge in [0.05, 0.1) is 0 Å². The highest BCUT2D eigenvalue weighted by atomic mass is 79.9. The number of ether oxygens (including phenoxy) is 1. The molecule has 4 rings (SSSR count). The third kappa shape index (κ3) is 6.02. The van der Waals surface area contributed by atoms with Gasteiger partial charge >= 0.3 is 5.97 Å². The van der Waals surface area contributed by atoms with Gasteiger partial charge < -0.3 is 25.0 Å². The second-order valence-corrected chi connectivity index (χ2v) is 8.81. The monoisotopic (exact) mass is 521 g/mol. The zero-order valence-corrected chi connectivity index (χ0v) is 20.3. The molecule has 1 amide bonds. The van der Waals surface area contributed by atoms with Gasteiger partial charge in [-0.1, -0.05) is 48.3 Å². The Bertz CT molecular complexity index is 883. The lowest BCUT2D eigenvalue weighted by atomic mass is 9.80. The second kappa shape index (κ2) is 11.8. The number of nitrogens with one attached hydrogen (secondary N) is 2. The van der Waals surface area contributed by atoms with E-state index in [1.54, 1.807) is 24.3 Å². The molecule has 180 valence electrons. The molecule has 3 N–H and O–H groups in total. The predicted octanol–water partition coefficient (Wildman–Crippen LogP) is 3.57. The summed E-state index contributed by atoms with van der Waals surface area (Å²) >= 11 is 0. The average Bonchev–Trinajstić information content (AvgIpc) is 3.54. The SMILES string of the molecule is Br.O=C(Nc1ccon1)C(CC1CCNCC1)OC(=O)C(O)(c1ccccc1)C1CCCC1. The molecule has 2 fully saturated rings. The number of amides is 1. The number of esters is 1. The highest BCUT2D eigenvalue weighted by molar-refractivity contribution is 8.93. The molecule has 1 aromatic carbocycles. The van der Waals surface area contributed by atoms with Crippen molar-refractivity contribution in [1.29, 1.82) is 0 Å². The summed E-state index contributed by atoms with van der Waals surface area (Å²) in [5.41, 5.74) is -1.27. The number of aliphatic hydroxyl groups is 1. The Kier molecular flexibility index (Phi) is 9.05. The predicted molar refractivity (Wildman–Crippen MR) is 128 cm³/mol. The number of hydrogen-bond acceptors (Lipinski definition) is 7. The number of piperidine rings is 1. The largest absolute Gasteiger partial charge is 0.450 e. The quantitative estimate of drug-likeness (QED) is 0.455. The van der Waals surface area contributed by atoms with Crippen LogP contribution >= 0.6 is 17.0 Å². The van der Waals surface area contributed by atoms with Gasteiger partial charge in [0.2, 0.25) is 0 Å². The number of hydrogen-bond donors (Lipinski definition) is 3. The van der Waals surface area contributed by atoms with Gasteiger partial charge in [-0.25, -0.2) is 4.79 Å². The van der Waals surface area contributed by atoms with E-state index in [-0.39, 0.29) is 34.6 Å². The number of benzene rings is 1. The van der Waals surface area contributed by atoms with Crippen LogP contribution in [-0.4, -0.2) is 41.3 Å². The first-order chi connectivity index (χ1) is 15.6. The molecule has 1 saturated heterocycles. The molecule has 0 radical (unpaired) electrons. The fourth-order valence-corrected chi connectivity index (χ4v) is 4.89. The summed E-state index contributed by atoms with van der Waals surface area (Å²) in [6.07, 6.45) is 5.92. The van der Waals surface area contributed by atoms with E-state index in [0.717, 1.165) is 51.6 Å². The number of carbonyl (C=O) groups excluding carboxylic acids is 2. The number of halogens is 1. The number of rotatable bonds is 8. The second-order valence-electron chi connectivity index (χ2n) is 8.81. The first-order valence-corrected chi connectivity index (χ1v) is 11.5. The Morgan fingerprint density at radius 2 is 1.85 bits per heavy atom. The molecule has 2 unspecified atom stereocenters. The van der Waals surface area contributed by atoms with Crippen LogP contribution in [0.3, 0.4) is 0 Å². The van der Waals surface area contributed by atoms with Crippen molar-refractivity contribution in [3.63, 3.8) is 0 Å². The third-order valence-corrected chi connectivity index (χ3v) is 6.71. The molecule has 9 heteroatoms. The highest BCUT2D eigenvalue weighted by Crippen LogP contribution is 2.42. The molecule has 1 aliphatic heterocycles. The molecule has 1 aromatic heterocycles. The highest BCUT2D eigenvalue weighted by Gasteiger charge is 2.49. The number of aromatic nitrogens is 1. The first kappa shape index (κ1) is 25.4. The zero-order valence-electron chi connectivity index (χ0n) is 18.6. The van der Waals surface area contributed by atoms with Crippen molar-refractivity contribution >= 4 is 34.7 Å². The molecular formula is C24H32BrN3O5. The van der Waals surface area contributed by atoms with Crippen molar-refractivity contribution in [3.8, 4) is 0 Å². The molecule has 2 atom stereocenters. The summed E-state index contributed by atoms with van der Waals surface area (Å²) in [4.78, 5) is 26.5. The minimum atomic E-state index is -1.78. The van der Waals surface area contributed by atoms with Gasteiger partial charge in [0, 0.05) is 12.0 Å². The van der Waals surface area contributed by atoms with Crippen LogP contribution in [0, 0.1) is 11.8 Å². The van der Waals surface area contributed by atoms with Crippen molar-refractivity contribution in [2.45, 2.75) is 56.7 Å². The number of anilines is 1. The van der Waals surface area contributed by atoms with E-state index in [2.05, 4.69) is 15.8 Å². The van der Waals surface area contributed by atoms with Gasteiger partial charge in [-0.15, -0.1) is 17.0 Å². The number of nitrogens with zero attached hydrogens (tertiary/aromatic N) is 1. The van der Waals surface area contributed by atoms with Gasteiger partial charge in [0.1, 0.15) is 6.26 Å². The van der Waals surface area contributed by atoms with Crippen molar-refractivity contribution in [1.82, 2.24) is 10.5 Å². The van der Waals surface area contributed by atoms with Gasteiger partial charge in [-0.2, -0.15) is 0 Å². The summed E-state index contributed by atoms with van der Waals surface area (Å²) in [6.45, 7) is 1.73. The standard InChI is InChI=1S/C24H31N3O5.BrH/c28-22(26-21-12-15-31-27-21)20(16-17-10-13-25-14-11-17)32-23(29)24(30,19-8-4-5-9-19)18-6-2-1-3-7-18;/h1-3,6-7,12,15,17,19-20,25,30H,4-5,8-11,13-14,16H2,(H,26,27,28);1H. The van der Waals surface area contributed by atoms with Crippen molar-refractivity contribution in [3.05, 3.63) is 48.2 Å². The molecule has 2 heterocycles. The summed E-state index contributed by atoms with van der Waals surface area (Å²) in [5.74, 6) is -0.961. The van der Waals surface area contributed by atoms with Crippen LogP contribution < -0.4 is 10.6 Å². The van der Waals surface area contributed by atoms with E-state index in [1.807, 2.05) is 6.07 Å². The van der Waals surface area contributed by atoms with Crippen LogP contribution in [0.25, 0.3) is 0 Å². The summed E-state index contributed by atoms with van der Waals surface area (Å²) in [5, 5.41) is 21.4. The summed E-state index contributed by atoms with van der Waals surface area (Å²) in [6, 6.07) is 10.5. The van der Waals surface area contributed by atoms with E-state index >= 15 is 0 Å². The number of carbonyl (C=O) groups is 2. The van der Waals surface area contributed by atoms with Crippen LogP contribution in [0.2, 0.25) is 0 Å². The molecule has 0 spiro atoms. The van der Waals surface area contributed by atoms with E-state index in [4.69, 9.17) is 9.26 Å². The molecule has 2 aromatic rings. The summed E-state index contributed by atoms with van der Waals surface area (Å²) in [7, 11) is 0. The van der Waals surface area contributed by atoms with Gasteiger partial charge in [-0.05, 0) is 56.7 Å². The molecular weight excluding hydrogens is 490 g/mol. The van der Waals surface area contributed by atoms with Crippen LogP contribution in [0.15, 0.2) is 47.2 Å². The van der Waals surface area contributed by atoms with Crippen LogP contribution in [0.5, 0.6) is 0 Å². The van der Waals surface area contributed by atoms with Crippen LogP contribution in [-0.2, 0) is 19.9 Å². The van der Waals surface area contributed by atoms with Crippen molar-refractivity contribution in [2.24, 2.45) is 11.8 Å². The maximum atomic E-state index is 13.5. The Balaban J connectivity index is 0.00000306. The maximum Gasteiger partial charge on any atom is 0.343 e. The fourth-order valence-electron chi connectivity index (χ4n) is 4.89. The van der Waals surface area contributed by atoms with Crippen LogP contribution in [0.4, 0.5) is 5.82 Å². The lowest BCUT2D eigenvalue weighted by molar-refractivity contribution is -0.181. The molecule has 2 aliphatic rings. The van der Waals surface area contributed by atoms with E-state index in [0.29, 0.717) is 12.0 Å². The zero-order chi connectivity index (χ0) is 22.4. The van der Waals surface area contributed by atoms with Gasteiger partial charge in [0.15, 0.2) is 17.5 Å². The Hall–Kier alpha value is -2.23. The van der Waals surface area contributed by atoms with Crippen molar-refractivity contribution in [2.75, 3.05) is 18.4 Å². The molecule has 0 bridgehead atoms. The fraction of sp³-hybridized carbons (Fsp3) is 0.542. The molecule has 1 aliphatic carbocycles. The smallest absolute Gasteiger partial charge is 0.343 e. The van der Waals surface area contributed by atoms with E-state index in [9.17, 15) is 14.7 Å². The van der Waals surface area contributed by atoms with Gasteiger partial charge in [-0.3, -0.25) is 4.79 Å². The average molecular weight is 522 g/mol. The minimum absolute atomic E-state index is 0. The van der Waals surface area contributed by atoms with E-state index < -0.39 is 23.6 Å². The Morgan fingerprint density at radius 3 is 2.48 bits per heavy atom. The topological polar surface area (TPSA) is 114 Å². The Labute approximate surface area is 204 Å². The van der Waals surface area contributed by atoms with Crippen molar-refractivity contribution < 1.29 is 24.0 Å².